The van der Waals surface area contributed by atoms with Crippen molar-refractivity contribution in [2.75, 3.05) is 6.54 Å². The van der Waals surface area contributed by atoms with Gasteiger partial charge in [0, 0.05) is 37.9 Å². The molecule has 1 N–H and O–H groups in total. The van der Waals surface area contributed by atoms with Gasteiger partial charge < -0.3 is 14.5 Å². The van der Waals surface area contributed by atoms with Gasteiger partial charge in [-0.2, -0.15) is 0 Å². The largest absolute Gasteiger partial charge is 0.337 e. The minimum atomic E-state index is 0.844. The third-order valence-corrected chi connectivity index (χ3v) is 2.88. The molecule has 5 nitrogen and oxygen atoms in total. The monoisotopic (exact) mass is 247 g/mol. The van der Waals surface area contributed by atoms with E-state index in [4.69, 9.17) is 0 Å². The standard InChI is InChI=1S/C13H21N5/c1-2-7-18-10-6-16-13(18)11-14-4-3-8-17-9-5-15-12-17/h5-6,9-10,12,14H,2-4,7-8,11H2,1H3. The van der Waals surface area contributed by atoms with Crippen molar-refractivity contribution < 1.29 is 0 Å². The van der Waals surface area contributed by atoms with Crippen molar-refractivity contribution in [1.82, 2.24) is 24.4 Å². The van der Waals surface area contributed by atoms with E-state index in [1.165, 1.54) is 0 Å². The quantitative estimate of drug-likeness (QED) is 0.722. The van der Waals surface area contributed by atoms with Gasteiger partial charge in [0.15, 0.2) is 0 Å². The molecule has 0 spiro atoms. The third-order valence-electron chi connectivity index (χ3n) is 2.88. The Hall–Kier alpha value is -1.62. The van der Waals surface area contributed by atoms with E-state index < -0.39 is 0 Å². The Labute approximate surface area is 108 Å². The van der Waals surface area contributed by atoms with Gasteiger partial charge in [0.1, 0.15) is 5.82 Å². The lowest BCUT2D eigenvalue weighted by atomic mass is 10.4. The minimum absolute atomic E-state index is 0.844. The molecule has 5 heteroatoms. The number of nitrogens with one attached hydrogen (secondary N) is 1. The highest BCUT2D eigenvalue weighted by Gasteiger charge is 2.00. The van der Waals surface area contributed by atoms with Crippen molar-refractivity contribution in [3.63, 3.8) is 0 Å². The Morgan fingerprint density at radius 1 is 1.22 bits per heavy atom. The van der Waals surface area contributed by atoms with E-state index in [1.54, 1.807) is 0 Å². The van der Waals surface area contributed by atoms with Gasteiger partial charge in [-0.1, -0.05) is 6.92 Å². The van der Waals surface area contributed by atoms with E-state index in [2.05, 4.69) is 31.3 Å². The van der Waals surface area contributed by atoms with E-state index >= 15 is 0 Å². The fourth-order valence-electron chi connectivity index (χ4n) is 1.96. The first kappa shape index (κ1) is 12.8. The molecule has 0 saturated heterocycles. The van der Waals surface area contributed by atoms with E-state index in [1.807, 2.05) is 31.1 Å². The molecule has 0 bridgehead atoms. The van der Waals surface area contributed by atoms with Crippen molar-refractivity contribution in [3.8, 4) is 0 Å². The smallest absolute Gasteiger partial charge is 0.122 e. The fourth-order valence-corrected chi connectivity index (χ4v) is 1.96. The molecule has 0 aliphatic rings. The average Bonchev–Trinajstić information content (AvgIpc) is 3.01. The van der Waals surface area contributed by atoms with Gasteiger partial charge in [-0.05, 0) is 19.4 Å². The van der Waals surface area contributed by atoms with Crippen LogP contribution in [0.5, 0.6) is 0 Å². The molecular weight excluding hydrogens is 226 g/mol. The highest BCUT2D eigenvalue weighted by Crippen LogP contribution is 1.99. The van der Waals surface area contributed by atoms with Crippen LogP contribution in [0.1, 0.15) is 25.6 Å². The van der Waals surface area contributed by atoms with Gasteiger partial charge in [-0.15, -0.1) is 0 Å². The molecule has 2 aromatic heterocycles. The van der Waals surface area contributed by atoms with Crippen molar-refractivity contribution in [2.24, 2.45) is 0 Å². The van der Waals surface area contributed by atoms with Crippen LogP contribution in [0.3, 0.4) is 0 Å². The first-order chi connectivity index (χ1) is 8.90. The van der Waals surface area contributed by atoms with Gasteiger partial charge in [-0.25, -0.2) is 9.97 Å². The summed E-state index contributed by atoms with van der Waals surface area (Å²) >= 11 is 0. The summed E-state index contributed by atoms with van der Waals surface area (Å²) in [5.74, 6) is 1.12. The van der Waals surface area contributed by atoms with E-state index in [0.717, 1.165) is 44.8 Å². The zero-order valence-corrected chi connectivity index (χ0v) is 10.9. The molecule has 0 amide bonds. The van der Waals surface area contributed by atoms with Crippen LogP contribution in [0.4, 0.5) is 0 Å². The Bertz CT molecular complexity index is 432. The van der Waals surface area contributed by atoms with Crippen LogP contribution in [0.25, 0.3) is 0 Å². The van der Waals surface area contributed by atoms with Crippen molar-refractivity contribution in [2.45, 2.75) is 39.4 Å². The summed E-state index contributed by atoms with van der Waals surface area (Å²) in [6.45, 7) is 6.08. The summed E-state index contributed by atoms with van der Waals surface area (Å²) in [6, 6.07) is 0. The summed E-state index contributed by atoms with van der Waals surface area (Å²) in [7, 11) is 0. The Morgan fingerprint density at radius 3 is 2.94 bits per heavy atom. The number of nitrogens with zero attached hydrogens (tertiary/aromatic N) is 4. The number of aryl methyl sites for hydroxylation is 2. The molecule has 0 radical (unpaired) electrons. The van der Waals surface area contributed by atoms with E-state index in [9.17, 15) is 0 Å². The molecule has 0 aromatic carbocycles. The molecule has 2 heterocycles. The Morgan fingerprint density at radius 2 is 2.17 bits per heavy atom. The summed E-state index contributed by atoms with van der Waals surface area (Å²) in [5, 5.41) is 3.43. The lowest BCUT2D eigenvalue weighted by Crippen LogP contribution is -2.19. The second-order valence-electron chi connectivity index (χ2n) is 4.37. The summed E-state index contributed by atoms with van der Waals surface area (Å²) in [5.41, 5.74) is 0. The second-order valence-corrected chi connectivity index (χ2v) is 4.37. The van der Waals surface area contributed by atoms with E-state index in [-0.39, 0.29) is 0 Å². The first-order valence-electron chi connectivity index (χ1n) is 6.56. The highest BCUT2D eigenvalue weighted by molar-refractivity contribution is 4.91. The zero-order chi connectivity index (χ0) is 12.6. The Balaban J connectivity index is 1.64. The molecule has 0 unspecified atom stereocenters. The molecule has 2 aromatic rings. The molecule has 0 saturated carbocycles. The highest BCUT2D eigenvalue weighted by atomic mass is 15.1. The van der Waals surface area contributed by atoms with Gasteiger partial charge in [0.25, 0.3) is 0 Å². The van der Waals surface area contributed by atoms with Crippen LogP contribution in [0.2, 0.25) is 0 Å². The molecule has 0 fully saturated rings. The number of imidazole rings is 2. The summed E-state index contributed by atoms with van der Waals surface area (Å²) in [6.07, 6.45) is 11.8. The predicted octanol–water partition coefficient (Wildman–Crippen LogP) is 1.67. The normalized spacial score (nSPS) is 10.9. The summed E-state index contributed by atoms with van der Waals surface area (Å²) < 4.78 is 4.31. The number of aromatic nitrogens is 4. The topological polar surface area (TPSA) is 47.7 Å². The molecule has 0 aliphatic heterocycles. The van der Waals surface area contributed by atoms with Crippen LogP contribution in [-0.4, -0.2) is 25.6 Å². The number of rotatable bonds is 8. The second kappa shape index (κ2) is 6.96. The molecule has 98 valence electrons. The molecule has 2 rings (SSSR count). The summed E-state index contributed by atoms with van der Waals surface area (Å²) in [4.78, 5) is 8.39. The van der Waals surface area contributed by atoms with E-state index in [0.29, 0.717) is 0 Å². The zero-order valence-electron chi connectivity index (χ0n) is 10.9. The van der Waals surface area contributed by atoms with Gasteiger partial charge in [-0.3, -0.25) is 0 Å². The lowest BCUT2D eigenvalue weighted by Gasteiger charge is -2.08. The van der Waals surface area contributed by atoms with Crippen LogP contribution in [0.15, 0.2) is 31.1 Å². The van der Waals surface area contributed by atoms with Crippen LogP contribution in [-0.2, 0) is 19.6 Å². The first-order valence-corrected chi connectivity index (χ1v) is 6.56. The van der Waals surface area contributed by atoms with Crippen molar-refractivity contribution >= 4 is 0 Å². The average molecular weight is 247 g/mol. The SMILES string of the molecule is CCCn1ccnc1CNCCCn1ccnc1. The molecular formula is C13H21N5. The van der Waals surface area contributed by atoms with Gasteiger partial charge in [0.2, 0.25) is 0 Å². The maximum atomic E-state index is 4.37. The van der Waals surface area contributed by atoms with Gasteiger partial charge in [0.05, 0.1) is 12.9 Å². The third kappa shape index (κ3) is 3.70. The minimum Gasteiger partial charge on any atom is -0.337 e. The lowest BCUT2D eigenvalue weighted by molar-refractivity contribution is 0.550. The molecule has 0 aliphatic carbocycles. The van der Waals surface area contributed by atoms with Gasteiger partial charge >= 0.3 is 0 Å². The van der Waals surface area contributed by atoms with Crippen LogP contribution >= 0.6 is 0 Å². The van der Waals surface area contributed by atoms with Crippen molar-refractivity contribution in [1.29, 1.82) is 0 Å². The van der Waals surface area contributed by atoms with Crippen LogP contribution in [0, 0.1) is 0 Å². The van der Waals surface area contributed by atoms with Crippen molar-refractivity contribution in [3.05, 3.63) is 36.9 Å². The predicted molar refractivity (Wildman–Crippen MR) is 71.1 cm³/mol. The Kier molecular flexibility index (Phi) is 4.96. The van der Waals surface area contributed by atoms with Crippen LogP contribution < -0.4 is 5.32 Å². The number of hydrogen-bond donors (Lipinski definition) is 1. The molecule has 18 heavy (non-hydrogen) atoms. The maximum absolute atomic E-state index is 4.37. The number of hydrogen-bond acceptors (Lipinski definition) is 3. The molecule has 0 atom stereocenters. The fraction of sp³-hybridized carbons (Fsp3) is 0.538. The maximum Gasteiger partial charge on any atom is 0.122 e.